The van der Waals surface area contributed by atoms with Gasteiger partial charge in [0.05, 0.1) is 19.3 Å². The Morgan fingerprint density at radius 2 is 1.81 bits per heavy atom. The Hall–Kier alpha value is -1.06. The summed E-state index contributed by atoms with van der Waals surface area (Å²) >= 11 is 3.58. The minimum Gasteiger partial charge on any atom is -0.377 e. The molecule has 82 valence electrons. The van der Waals surface area contributed by atoms with Crippen LogP contribution in [-0.2, 0) is 4.74 Å². The van der Waals surface area contributed by atoms with Gasteiger partial charge in [-0.25, -0.2) is 0 Å². The highest BCUT2D eigenvalue weighted by Gasteiger charge is 2.18. The molecule has 16 heavy (non-hydrogen) atoms. The molecule has 0 bridgehead atoms. The molecule has 0 aromatic heterocycles. The number of hydrogen-bond acceptors (Lipinski definition) is 2. The van der Waals surface area contributed by atoms with Crippen LogP contribution in [0.15, 0.2) is 40.9 Å². The van der Waals surface area contributed by atoms with Crippen molar-refractivity contribution in [2.45, 2.75) is 6.04 Å². The average molecular weight is 278 g/mol. The molecule has 0 amide bonds. The van der Waals surface area contributed by atoms with Gasteiger partial charge < -0.3 is 10.1 Å². The summed E-state index contributed by atoms with van der Waals surface area (Å²) in [7, 11) is 0. The quantitative estimate of drug-likeness (QED) is 0.908. The summed E-state index contributed by atoms with van der Waals surface area (Å²) in [6.45, 7) is 1.62. The predicted octanol–water partition coefficient (Wildman–Crippen LogP) is 3.41. The van der Waals surface area contributed by atoms with E-state index in [2.05, 4.69) is 57.6 Å². The molecule has 0 aliphatic carbocycles. The standard InChI is InChI=1S/C13H12BrNO/c14-12-5-6-13(15-9-7-16-8-9)11-4-2-1-3-10(11)12/h1-6,9,15H,7-8H2. The van der Waals surface area contributed by atoms with E-state index >= 15 is 0 Å². The van der Waals surface area contributed by atoms with Gasteiger partial charge in [0, 0.05) is 15.5 Å². The van der Waals surface area contributed by atoms with Crippen molar-refractivity contribution in [2.24, 2.45) is 0 Å². The van der Waals surface area contributed by atoms with Gasteiger partial charge in [-0.2, -0.15) is 0 Å². The van der Waals surface area contributed by atoms with Crippen LogP contribution >= 0.6 is 15.9 Å². The summed E-state index contributed by atoms with van der Waals surface area (Å²) in [4.78, 5) is 0. The number of anilines is 1. The molecule has 2 aromatic carbocycles. The lowest BCUT2D eigenvalue weighted by molar-refractivity contribution is 0.0211. The summed E-state index contributed by atoms with van der Waals surface area (Å²) in [6, 6.07) is 13.1. The molecule has 1 aliphatic heterocycles. The maximum absolute atomic E-state index is 5.17. The van der Waals surface area contributed by atoms with Crippen LogP contribution in [0.1, 0.15) is 0 Å². The van der Waals surface area contributed by atoms with E-state index in [-0.39, 0.29) is 0 Å². The largest absolute Gasteiger partial charge is 0.377 e. The summed E-state index contributed by atoms with van der Waals surface area (Å²) in [5.41, 5.74) is 1.19. The summed E-state index contributed by atoms with van der Waals surface area (Å²) in [6.07, 6.45) is 0. The topological polar surface area (TPSA) is 21.3 Å². The van der Waals surface area contributed by atoms with E-state index in [9.17, 15) is 0 Å². The Kier molecular flexibility index (Phi) is 2.58. The average Bonchev–Trinajstić information content (AvgIpc) is 2.26. The number of nitrogens with one attached hydrogen (secondary N) is 1. The first-order valence-electron chi connectivity index (χ1n) is 5.36. The van der Waals surface area contributed by atoms with Crippen LogP contribution in [0.5, 0.6) is 0 Å². The van der Waals surface area contributed by atoms with Crippen molar-refractivity contribution < 1.29 is 4.74 Å². The normalized spacial score (nSPS) is 16.1. The van der Waals surface area contributed by atoms with E-state index in [4.69, 9.17) is 4.74 Å². The van der Waals surface area contributed by atoms with Crippen molar-refractivity contribution in [1.29, 1.82) is 0 Å². The van der Waals surface area contributed by atoms with Crippen LogP contribution in [-0.4, -0.2) is 19.3 Å². The molecule has 1 saturated heterocycles. The molecule has 1 N–H and O–H groups in total. The zero-order chi connectivity index (χ0) is 11.0. The van der Waals surface area contributed by atoms with Crippen LogP contribution in [0.3, 0.4) is 0 Å². The van der Waals surface area contributed by atoms with Crippen LogP contribution < -0.4 is 5.32 Å². The van der Waals surface area contributed by atoms with Crippen LogP contribution in [0.4, 0.5) is 5.69 Å². The van der Waals surface area contributed by atoms with Gasteiger partial charge in [0.15, 0.2) is 0 Å². The second kappa shape index (κ2) is 4.07. The van der Waals surface area contributed by atoms with Crippen LogP contribution in [0.2, 0.25) is 0 Å². The third-order valence-electron chi connectivity index (χ3n) is 2.87. The van der Waals surface area contributed by atoms with Gasteiger partial charge in [-0.05, 0) is 17.5 Å². The molecule has 0 atom stereocenters. The maximum atomic E-state index is 5.17. The molecule has 2 aromatic rings. The molecule has 3 rings (SSSR count). The molecular formula is C13H12BrNO. The highest BCUT2D eigenvalue weighted by molar-refractivity contribution is 9.10. The second-order valence-corrected chi connectivity index (χ2v) is 4.87. The zero-order valence-corrected chi connectivity index (χ0v) is 10.3. The minimum atomic E-state index is 0.463. The van der Waals surface area contributed by atoms with E-state index in [0.29, 0.717) is 6.04 Å². The van der Waals surface area contributed by atoms with Gasteiger partial charge in [0.2, 0.25) is 0 Å². The van der Waals surface area contributed by atoms with Crippen LogP contribution in [0.25, 0.3) is 10.8 Å². The van der Waals surface area contributed by atoms with Gasteiger partial charge in [-0.15, -0.1) is 0 Å². The molecule has 2 nitrogen and oxygen atoms in total. The van der Waals surface area contributed by atoms with Gasteiger partial charge in [-0.1, -0.05) is 40.2 Å². The van der Waals surface area contributed by atoms with Crippen molar-refractivity contribution in [1.82, 2.24) is 0 Å². The van der Waals surface area contributed by atoms with Crippen LogP contribution in [0, 0.1) is 0 Å². The molecular weight excluding hydrogens is 266 g/mol. The Morgan fingerprint density at radius 1 is 1.06 bits per heavy atom. The summed E-state index contributed by atoms with van der Waals surface area (Å²) < 4.78 is 6.31. The zero-order valence-electron chi connectivity index (χ0n) is 8.74. The third kappa shape index (κ3) is 1.70. The van der Waals surface area contributed by atoms with E-state index in [1.165, 1.54) is 16.5 Å². The van der Waals surface area contributed by atoms with Crippen molar-refractivity contribution in [2.75, 3.05) is 18.5 Å². The minimum absolute atomic E-state index is 0.463. The first-order chi connectivity index (χ1) is 7.84. The van der Waals surface area contributed by atoms with Gasteiger partial charge >= 0.3 is 0 Å². The van der Waals surface area contributed by atoms with E-state index in [0.717, 1.165) is 17.7 Å². The molecule has 0 radical (unpaired) electrons. The number of benzene rings is 2. The lowest BCUT2D eigenvalue weighted by atomic mass is 10.1. The summed E-state index contributed by atoms with van der Waals surface area (Å²) in [5, 5.41) is 6.00. The fourth-order valence-corrected chi connectivity index (χ4v) is 2.41. The molecule has 1 fully saturated rings. The van der Waals surface area contributed by atoms with E-state index in [1.807, 2.05) is 0 Å². The van der Waals surface area contributed by atoms with Crippen molar-refractivity contribution in [3.05, 3.63) is 40.9 Å². The predicted molar refractivity (Wildman–Crippen MR) is 69.9 cm³/mol. The summed E-state index contributed by atoms with van der Waals surface area (Å²) in [5.74, 6) is 0. The first-order valence-corrected chi connectivity index (χ1v) is 6.15. The highest BCUT2D eigenvalue weighted by Crippen LogP contribution is 2.30. The maximum Gasteiger partial charge on any atom is 0.0728 e. The molecule has 1 aliphatic rings. The highest BCUT2D eigenvalue weighted by atomic mass is 79.9. The lowest BCUT2D eigenvalue weighted by Gasteiger charge is -2.28. The smallest absolute Gasteiger partial charge is 0.0728 e. The fourth-order valence-electron chi connectivity index (χ4n) is 1.93. The Balaban J connectivity index is 2.06. The number of halogens is 1. The molecule has 3 heteroatoms. The number of hydrogen-bond donors (Lipinski definition) is 1. The third-order valence-corrected chi connectivity index (χ3v) is 3.56. The SMILES string of the molecule is Brc1ccc(NC2COC2)c2ccccc12. The monoisotopic (exact) mass is 277 g/mol. The van der Waals surface area contributed by atoms with Gasteiger partial charge in [-0.3, -0.25) is 0 Å². The van der Waals surface area contributed by atoms with Gasteiger partial charge in [0.25, 0.3) is 0 Å². The Morgan fingerprint density at radius 3 is 2.50 bits per heavy atom. The van der Waals surface area contributed by atoms with Crippen molar-refractivity contribution in [3.63, 3.8) is 0 Å². The Labute approximate surface area is 103 Å². The van der Waals surface area contributed by atoms with E-state index in [1.54, 1.807) is 0 Å². The second-order valence-electron chi connectivity index (χ2n) is 4.02. The van der Waals surface area contributed by atoms with Gasteiger partial charge in [0.1, 0.15) is 0 Å². The van der Waals surface area contributed by atoms with Crippen molar-refractivity contribution in [3.8, 4) is 0 Å². The fraction of sp³-hybridized carbons (Fsp3) is 0.231. The number of ether oxygens (including phenoxy) is 1. The Bertz CT molecular complexity index is 522. The molecule has 0 saturated carbocycles. The number of rotatable bonds is 2. The molecule has 0 unspecified atom stereocenters. The van der Waals surface area contributed by atoms with Crippen molar-refractivity contribution >= 4 is 32.4 Å². The van der Waals surface area contributed by atoms with E-state index < -0.39 is 0 Å². The first kappa shape index (κ1) is 10.1. The number of fused-ring (bicyclic) bond motifs is 1. The molecule has 1 heterocycles. The lowest BCUT2D eigenvalue weighted by Crippen LogP contribution is -2.40. The molecule has 0 spiro atoms.